The highest BCUT2D eigenvalue weighted by Gasteiger charge is 2.19. The van der Waals surface area contributed by atoms with Crippen LogP contribution in [-0.2, 0) is 10.0 Å². The Morgan fingerprint density at radius 3 is 2.61 bits per heavy atom. The lowest BCUT2D eigenvalue weighted by Crippen LogP contribution is -2.12. The number of imidazole rings is 1. The minimum atomic E-state index is -3.87. The Morgan fingerprint density at radius 2 is 1.96 bits per heavy atom. The van der Waals surface area contributed by atoms with Crippen molar-refractivity contribution in [2.75, 3.05) is 4.72 Å². The number of nitrogens with one attached hydrogen (secondary N) is 3. The number of benzene rings is 1. The van der Waals surface area contributed by atoms with E-state index < -0.39 is 15.7 Å². The van der Waals surface area contributed by atoms with Gasteiger partial charge in [0.2, 0.25) is 0 Å². The lowest BCUT2D eigenvalue weighted by atomic mass is 10.3. The molecule has 0 bridgehead atoms. The van der Waals surface area contributed by atoms with Gasteiger partial charge in [0.25, 0.3) is 10.0 Å². The van der Waals surface area contributed by atoms with Gasteiger partial charge in [0.15, 0.2) is 10.9 Å². The van der Waals surface area contributed by atoms with Gasteiger partial charge in [0.1, 0.15) is 0 Å². The third-order valence-electron chi connectivity index (χ3n) is 3.14. The van der Waals surface area contributed by atoms with Gasteiger partial charge in [-0.2, -0.15) is 0 Å². The Labute approximate surface area is 134 Å². The average molecular weight is 352 g/mol. The Bertz CT molecular complexity index is 1080. The molecular weight excluding hydrogens is 340 g/mol. The van der Waals surface area contributed by atoms with Crippen LogP contribution >= 0.6 is 11.3 Å². The maximum absolute atomic E-state index is 12.4. The van der Waals surface area contributed by atoms with Gasteiger partial charge in [-0.05, 0) is 25.1 Å². The maximum atomic E-state index is 12.4. The van der Waals surface area contributed by atoms with Gasteiger partial charge >= 0.3 is 5.69 Å². The number of hydrogen-bond donors (Lipinski definition) is 3. The summed E-state index contributed by atoms with van der Waals surface area (Å²) in [6.07, 6.45) is 0. The number of Topliss-reactive ketones (excluding diaryl/α,β-unsaturated/α-hetero) is 1. The lowest BCUT2D eigenvalue weighted by Gasteiger charge is -2.04. The summed E-state index contributed by atoms with van der Waals surface area (Å²) in [5.74, 6) is -0.170. The van der Waals surface area contributed by atoms with Crippen molar-refractivity contribution in [3.8, 4) is 0 Å². The molecule has 2 heterocycles. The number of carbonyl (C=O) groups excluding carboxylic acids is 1. The first kappa shape index (κ1) is 15.4. The van der Waals surface area contributed by atoms with E-state index in [1.165, 1.54) is 25.1 Å². The molecule has 0 fully saturated rings. The number of aromatic amines is 2. The molecular formula is C13H12N4O4S2. The van der Waals surface area contributed by atoms with Crippen LogP contribution in [0.2, 0.25) is 0 Å². The third kappa shape index (κ3) is 2.90. The summed E-state index contributed by atoms with van der Waals surface area (Å²) in [5.41, 5.74) is 0.963. The standard InChI is InChI=1S/C13H12N4O4S2/c1-6-11(7(2)18)22-13(14-6)17-23(20,21)8-3-4-9-10(5-8)16-12(19)15-9/h3-5H,1-2H3,(H,14,17)(H2,15,16,19). The van der Waals surface area contributed by atoms with Crippen molar-refractivity contribution in [3.63, 3.8) is 0 Å². The molecule has 120 valence electrons. The summed E-state index contributed by atoms with van der Waals surface area (Å²) < 4.78 is 27.2. The first-order valence-electron chi connectivity index (χ1n) is 6.49. The molecule has 23 heavy (non-hydrogen) atoms. The number of ketones is 1. The van der Waals surface area contributed by atoms with Crippen molar-refractivity contribution in [3.05, 3.63) is 39.3 Å². The molecule has 0 spiro atoms. The van der Waals surface area contributed by atoms with Crippen LogP contribution in [0.3, 0.4) is 0 Å². The van der Waals surface area contributed by atoms with E-state index in [9.17, 15) is 18.0 Å². The largest absolute Gasteiger partial charge is 0.323 e. The maximum Gasteiger partial charge on any atom is 0.323 e. The molecule has 0 aliphatic carbocycles. The zero-order valence-electron chi connectivity index (χ0n) is 12.1. The molecule has 0 aliphatic heterocycles. The molecule has 0 amide bonds. The molecule has 0 saturated heterocycles. The SMILES string of the molecule is CC(=O)c1sc(NS(=O)(=O)c2ccc3[nH]c(=O)[nH]c3c2)nc1C. The number of fused-ring (bicyclic) bond motifs is 1. The predicted octanol–water partition coefficient (Wildman–Crippen LogP) is 1.62. The monoisotopic (exact) mass is 352 g/mol. The van der Waals surface area contributed by atoms with Gasteiger partial charge < -0.3 is 9.97 Å². The van der Waals surface area contributed by atoms with E-state index in [1.807, 2.05) is 0 Å². The highest BCUT2D eigenvalue weighted by atomic mass is 32.2. The van der Waals surface area contributed by atoms with Gasteiger partial charge in [-0.3, -0.25) is 9.52 Å². The van der Waals surface area contributed by atoms with E-state index >= 15 is 0 Å². The first-order chi connectivity index (χ1) is 10.8. The molecule has 2 aromatic heterocycles. The van der Waals surface area contributed by atoms with Crippen LogP contribution in [0.1, 0.15) is 22.3 Å². The van der Waals surface area contributed by atoms with Gasteiger partial charge in [-0.1, -0.05) is 11.3 Å². The zero-order chi connectivity index (χ0) is 16.8. The predicted molar refractivity (Wildman–Crippen MR) is 86.6 cm³/mol. The second-order valence-electron chi connectivity index (χ2n) is 4.88. The second kappa shape index (κ2) is 5.32. The third-order valence-corrected chi connectivity index (χ3v) is 5.78. The number of rotatable bonds is 4. The fourth-order valence-corrected chi connectivity index (χ4v) is 4.24. The normalized spacial score (nSPS) is 11.7. The van der Waals surface area contributed by atoms with Crippen molar-refractivity contribution in [2.45, 2.75) is 18.7 Å². The van der Waals surface area contributed by atoms with Crippen LogP contribution in [-0.4, -0.2) is 29.2 Å². The van der Waals surface area contributed by atoms with E-state index in [4.69, 9.17) is 0 Å². The summed E-state index contributed by atoms with van der Waals surface area (Å²) >= 11 is 0.982. The molecule has 0 radical (unpaired) electrons. The summed E-state index contributed by atoms with van der Waals surface area (Å²) in [7, 11) is -3.87. The zero-order valence-corrected chi connectivity index (χ0v) is 13.8. The topological polar surface area (TPSA) is 125 Å². The van der Waals surface area contributed by atoms with Crippen LogP contribution < -0.4 is 10.4 Å². The lowest BCUT2D eigenvalue weighted by molar-refractivity contribution is 0.102. The molecule has 3 aromatic rings. The number of carbonyl (C=O) groups is 1. The number of anilines is 1. The Hall–Kier alpha value is -2.46. The molecule has 0 atom stereocenters. The summed E-state index contributed by atoms with van der Waals surface area (Å²) in [6, 6.07) is 4.22. The summed E-state index contributed by atoms with van der Waals surface area (Å²) in [4.78, 5) is 32.1. The first-order valence-corrected chi connectivity index (χ1v) is 8.79. The number of hydrogen-bond acceptors (Lipinski definition) is 6. The summed E-state index contributed by atoms with van der Waals surface area (Å²) in [5, 5.41) is 0.121. The minimum absolute atomic E-state index is 0.0162. The number of sulfonamides is 1. The fraction of sp³-hybridized carbons (Fsp3) is 0.154. The Morgan fingerprint density at radius 1 is 1.26 bits per heavy atom. The molecule has 0 saturated carbocycles. The van der Waals surface area contributed by atoms with Crippen molar-refractivity contribution < 1.29 is 13.2 Å². The molecule has 3 N–H and O–H groups in total. The smallest absolute Gasteiger partial charge is 0.306 e. The van der Waals surface area contributed by atoms with Crippen LogP contribution in [0, 0.1) is 6.92 Å². The van der Waals surface area contributed by atoms with Crippen molar-refractivity contribution in [1.82, 2.24) is 15.0 Å². The van der Waals surface area contributed by atoms with E-state index in [0.29, 0.717) is 21.6 Å². The molecule has 0 unspecified atom stereocenters. The average Bonchev–Trinajstić information content (AvgIpc) is 2.98. The van der Waals surface area contributed by atoms with Crippen molar-refractivity contribution in [2.24, 2.45) is 0 Å². The second-order valence-corrected chi connectivity index (χ2v) is 7.56. The van der Waals surface area contributed by atoms with Crippen LogP contribution in [0.5, 0.6) is 0 Å². The Balaban J connectivity index is 1.98. The van der Waals surface area contributed by atoms with Crippen LogP contribution in [0.4, 0.5) is 5.13 Å². The number of aromatic nitrogens is 3. The number of H-pyrrole nitrogens is 2. The quantitative estimate of drug-likeness (QED) is 0.615. The van der Waals surface area contributed by atoms with Crippen LogP contribution in [0.25, 0.3) is 11.0 Å². The van der Waals surface area contributed by atoms with Crippen LogP contribution in [0.15, 0.2) is 27.9 Å². The minimum Gasteiger partial charge on any atom is -0.306 e. The summed E-state index contributed by atoms with van der Waals surface area (Å²) in [6.45, 7) is 3.04. The van der Waals surface area contributed by atoms with Gasteiger partial charge in [-0.25, -0.2) is 18.2 Å². The number of thiazole rings is 1. The van der Waals surface area contributed by atoms with E-state index in [1.54, 1.807) is 6.92 Å². The molecule has 10 heteroatoms. The molecule has 8 nitrogen and oxygen atoms in total. The van der Waals surface area contributed by atoms with Crippen molar-refractivity contribution in [1.29, 1.82) is 0 Å². The highest BCUT2D eigenvalue weighted by Crippen LogP contribution is 2.26. The van der Waals surface area contributed by atoms with E-state index in [-0.39, 0.29) is 15.8 Å². The van der Waals surface area contributed by atoms with E-state index in [0.717, 1.165) is 11.3 Å². The number of aryl methyl sites for hydroxylation is 1. The molecule has 0 aliphatic rings. The Kier molecular flexibility index (Phi) is 3.57. The van der Waals surface area contributed by atoms with Gasteiger partial charge in [0.05, 0.1) is 26.5 Å². The molecule has 3 rings (SSSR count). The number of nitrogens with zero attached hydrogens (tertiary/aromatic N) is 1. The van der Waals surface area contributed by atoms with Crippen molar-refractivity contribution >= 4 is 43.3 Å². The van der Waals surface area contributed by atoms with Gasteiger partial charge in [0, 0.05) is 6.92 Å². The van der Waals surface area contributed by atoms with E-state index in [2.05, 4.69) is 19.7 Å². The molecule has 1 aromatic carbocycles. The van der Waals surface area contributed by atoms with Gasteiger partial charge in [-0.15, -0.1) is 0 Å². The fourth-order valence-electron chi connectivity index (χ4n) is 2.12. The highest BCUT2D eigenvalue weighted by molar-refractivity contribution is 7.93.